The van der Waals surface area contributed by atoms with Crippen LogP contribution in [0.5, 0.6) is 11.6 Å². The van der Waals surface area contributed by atoms with E-state index in [9.17, 15) is 9.18 Å². The molecule has 0 radical (unpaired) electrons. The molecular weight excluding hydrogens is 495 g/mol. The molecule has 1 saturated carbocycles. The topological polar surface area (TPSA) is 60.9 Å². The van der Waals surface area contributed by atoms with Crippen molar-refractivity contribution >= 4 is 5.97 Å². The Morgan fingerprint density at radius 3 is 2.72 bits per heavy atom. The number of rotatable bonds is 8. The number of carbonyl (C=O) groups excluding carboxylic acids is 1. The first-order valence-electron chi connectivity index (χ1n) is 13.8. The van der Waals surface area contributed by atoms with E-state index in [1.807, 2.05) is 13.0 Å². The van der Waals surface area contributed by atoms with Crippen LogP contribution in [0.1, 0.15) is 48.1 Å². The number of hydrogen-bond acceptors (Lipinski definition) is 6. The summed E-state index contributed by atoms with van der Waals surface area (Å²) in [4.78, 5) is 18.4. The summed E-state index contributed by atoms with van der Waals surface area (Å²) in [5, 5.41) is 0. The third-order valence-electron chi connectivity index (χ3n) is 8.50. The largest absolute Gasteiger partial charge is 0.485 e. The molecule has 6 nitrogen and oxygen atoms in total. The maximum absolute atomic E-state index is 15.0. The summed E-state index contributed by atoms with van der Waals surface area (Å²) >= 11 is 0. The Balaban J connectivity index is 1.28. The number of pyridine rings is 1. The molecule has 2 fully saturated rings. The van der Waals surface area contributed by atoms with E-state index in [1.165, 1.54) is 25.3 Å². The second-order valence-corrected chi connectivity index (χ2v) is 11.3. The van der Waals surface area contributed by atoms with E-state index in [0.717, 1.165) is 72.3 Å². The van der Waals surface area contributed by atoms with Crippen molar-refractivity contribution < 1.29 is 23.4 Å². The molecule has 3 heterocycles. The van der Waals surface area contributed by atoms with Crippen LogP contribution in [0.25, 0.3) is 11.1 Å². The highest BCUT2D eigenvalue weighted by Crippen LogP contribution is 2.46. The van der Waals surface area contributed by atoms with Crippen LogP contribution in [-0.4, -0.2) is 43.2 Å². The Labute approximate surface area is 229 Å². The summed E-state index contributed by atoms with van der Waals surface area (Å²) in [5.41, 5.74) is 5.80. The molecule has 0 N–H and O–H groups in total. The van der Waals surface area contributed by atoms with Gasteiger partial charge < -0.3 is 14.2 Å². The molecular formula is C32H35FN2O4. The molecule has 3 unspecified atom stereocenters. The molecule has 0 amide bonds. The average Bonchev–Trinajstić information content (AvgIpc) is 3.57. The van der Waals surface area contributed by atoms with Gasteiger partial charge in [-0.1, -0.05) is 37.3 Å². The predicted octanol–water partition coefficient (Wildman–Crippen LogP) is 5.77. The molecule has 1 saturated heterocycles. The van der Waals surface area contributed by atoms with Crippen molar-refractivity contribution in [1.82, 2.24) is 9.88 Å². The van der Waals surface area contributed by atoms with Crippen LogP contribution < -0.4 is 9.47 Å². The molecule has 204 valence electrons. The van der Waals surface area contributed by atoms with Crippen molar-refractivity contribution in [3.05, 3.63) is 76.7 Å². The first kappa shape index (κ1) is 25.8. The van der Waals surface area contributed by atoms with Crippen molar-refractivity contribution in [3.63, 3.8) is 0 Å². The number of fused-ring (bicyclic) bond motifs is 2. The van der Waals surface area contributed by atoms with Gasteiger partial charge in [-0.3, -0.25) is 9.69 Å². The Kier molecular flexibility index (Phi) is 7.02. The second-order valence-electron chi connectivity index (χ2n) is 11.3. The Bertz CT molecular complexity index is 1380. The number of halogens is 1. The van der Waals surface area contributed by atoms with E-state index in [0.29, 0.717) is 17.9 Å². The van der Waals surface area contributed by atoms with Gasteiger partial charge in [0.25, 0.3) is 0 Å². The van der Waals surface area contributed by atoms with Crippen molar-refractivity contribution in [2.24, 2.45) is 17.8 Å². The lowest BCUT2D eigenvalue weighted by Gasteiger charge is -2.28. The fourth-order valence-corrected chi connectivity index (χ4v) is 6.22. The maximum atomic E-state index is 15.0. The zero-order chi connectivity index (χ0) is 27.1. The SMILES string of the molecule is COC(=O)C(C)Cc1ccc2c(c1)O[C@H](c1ccc(-c3cc(OC)ncc3F)c(CN3CC4CC4C3)c1)CC2. The summed E-state index contributed by atoms with van der Waals surface area (Å²) in [6.07, 6.45) is 4.87. The van der Waals surface area contributed by atoms with Gasteiger partial charge in [0.1, 0.15) is 17.7 Å². The summed E-state index contributed by atoms with van der Waals surface area (Å²) < 4.78 is 31.7. The van der Waals surface area contributed by atoms with Gasteiger partial charge in [0.15, 0.2) is 0 Å². The Hall–Kier alpha value is -3.45. The van der Waals surface area contributed by atoms with E-state index < -0.39 is 0 Å². The summed E-state index contributed by atoms with van der Waals surface area (Å²) in [6, 6.07) is 14.2. The van der Waals surface area contributed by atoms with Gasteiger partial charge >= 0.3 is 5.97 Å². The van der Waals surface area contributed by atoms with Crippen LogP contribution in [0, 0.1) is 23.6 Å². The molecule has 3 aliphatic rings. The number of ether oxygens (including phenoxy) is 3. The van der Waals surface area contributed by atoms with Gasteiger partial charge in [-0.05, 0) is 71.4 Å². The highest BCUT2D eigenvalue weighted by Gasteiger charge is 2.44. The standard InChI is InChI=1S/C32H35FN2O4/c1-19(32(36)38-3)10-20-4-5-21-7-9-29(39-30(21)11-20)22-6-8-26(27-14-31(37-2)34-15-28(27)33)25(12-22)18-35-16-23-13-24(23)17-35/h4-6,8,11-12,14-15,19,23-24,29H,7,9-10,13,16-18H2,1-3H3/t19?,23?,24?,29-/m0/s1. The lowest BCUT2D eigenvalue weighted by Crippen LogP contribution is -2.23. The summed E-state index contributed by atoms with van der Waals surface area (Å²) in [5.74, 6) is 2.13. The Morgan fingerprint density at radius 2 is 1.95 bits per heavy atom. The molecule has 6 rings (SSSR count). The van der Waals surface area contributed by atoms with Gasteiger partial charge in [0, 0.05) is 31.3 Å². The van der Waals surface area contributed by atoms with Crippen LogP contribution in [0.15, 0.2) is 48.7 Å². The Morgan fingerprint density at radius 1 is 1.13 bits per heavy atom. The minimum absolute atomic E-state index is 0.0950. The predicted molar refractivity (Wildman–Crippen MR) is 146 cm³/mol. The van der Waals surface area contributed by atoms with E-state index in [-0.39, 0.29) is 23.8 Å². The molecule has 1 aromatic heterocycles. The summed E-state index contributed by atoms with van der Waals surface area (Å²) in [7, 11) is 2.97. The first-order valence-corrected chi connectivity index (χ1v) is 13.8. The maximum Gasteiger partial charge on any atom is 0.308 e. The van der Waals surface area contributed by atoms with Crippen LogP contribution in [0.4, 0.5) is 4.39 Å². The smallest absolute Gasteiger partial charge is 0.308 e. The number of methoxy groups -OCH3 is 2. The molecule has 1 aliphatic carbocycles. The lowest BCUT2D eigenvalue weighted by molar-refractivity contribution is -0.144. The number of hydrogen-bond donors (Lipinski definition) is 0. The number of likely N-dealkylation sites (tertiary alicyclic amines) is 1. The van der Waals surface area contributed by atoms with Gasteiger partial charge in [-0.2, -0.15) is 0 Å². The number of esters is 1. The van der Waals surface area contributed by atoms with Crippen LogP contribution in [0.3, 0.4) is 0 Å². The molecule has 7 heteroatoms. The number of carbonyl (C=O) groups is 1. The van der Waals surface area contributed by atoms with Crippen LogP contribution in [0.2, 0.25) is 0 Å². The van der Waals surface area contributed by atoms with Crippen LogP contribution >= 0.6 is 0 Å². The van der Waals surface area contributed by atoms with Crippen molar-refractivity contribution in [2.75, 3.05) is 27.3 Å². The fraction of sp³-hybridized carbons (Fsp3) is 0.438. The molecule has 3 aromatic rings. The van der Waals surface area contributed by atoms with Crippen molar-refractivity contribution in [3.8, 4) is 22.8 Å². The third-order valence-corrected chi connectivity index (χ3v) is 8.50. The molecule has 2 aliphatic heterocycles. The van der Waals surface area contributed by atoms with Crippen LogP contribution in [-0.2, 0) is 28.9 Å². The molecule has 39 heavy (non-hydrogen) atoms. The number of nitrogens with zero attached hydrogens (tertiary/aromatic N) is 2. The van der Waals surface area contributed by atoms with E-state index in [2.05, 4.69) is 40.2 Å². The average molecular weight is 531 g/mol. The minimum Gasteiger partial charge on any atom is -0.485 e. The zero-order valence-corrected chi connectivity index (χ0v) is 22.8. The number of aromatic nitrogens is 1. The monoisotopic (exact) mass is 530 g/mol. The normalized spacial score (nSPS) is 22.4. The summed E-state index contributed by atoms with van der Waals surface area (Å²) in [6.45, 7) is 4.87. The van der Waals surface area contributed by atoms with Gasteiger partial charge in [-0.25, -0.2) is 9.37 Å². The fourth-order valence-electron chi connectivity index (χ4n) is 6.22. The third kappa shape index (κ3) is 5.37. The second kappa shape index (κ2) is 10.6. The van der Waals surface area contributed by atoms with Gasteiger partial charge in [-0.15, -0.1) is 0 Å². The van der Waals surface area contributed by atoms with E-state index in [4.69, 9.17) is 14.2 Å². The highest BCUT2D eigenvalue weighted by molar-refractivity contribution is 5.72. The quantitative estimate of drug-likeness (QED) is 0.345. The highest BCUT2D eigenvalue weighted by atomic mass is 19.1. The lowest BCUT2D eigenvalue weighted by atomic mass is 9.91. The number of aryl methyl sites for hydroxylation is 1. The van der Waals surface area contributed by atoms with E-state index in [1.54, 1.807) is 13.2 Å². The molecule has 2 aromatic carbocycles. The molecule has 4 atom stereocenters. The minimum atomic E-state index is -0.356. The molecule has 0 bridgehead atoms. The van der Waals surface area contributed by atoms with Gasteiger partial charge in [0.2, 0.25) is 5.88 Å². The van der Waals surface area contributed by atoms with Crippen molar-refractivity contribution in [1.29, 1.82) is 0 Å². The van der Waals surface area contributed by atoms with E-state index >= 15 is 0 Å². The first-order chi connectivity index (χ1) is 18.9. The van der Waals surface area contributed by atoms with Gasteiger partial charge in [0.05, 0.1) is 26.3 Å². The van der Waals surface area contributed by atoms with Crippen molar-refractivity contribution in [2.45, 2.75) is 45.3 Å². The number of piperidine rings is 1. The molecule has 0 spiro atoms. The number of benzene rings is 2. The zero-order valence-electron chi connectivity index (χ0n) is 22.8.